The Morgan fingerprint density at radius 1 is 1.42 bits per heavy atom. The monoisotopic (exact) mass is 358 g/mol. The number of rotatable bonds is 4. The maximum absolute atomic E-state index is 14.4. The molecule has 2 atom stereocenters. The molecule has 1 heterocycles. The van der Waals surface area contributed by atoms with Gasteiger partial charge in [-0.3, -0.25) is 10.2 Å². The second-order valence-corrected chi connectivity index (χ2v) is 6.27. The molecule has 0 bridgehead atoms. The van der Waals surface area contributed by atoms with Crippen LogP contribution in [0.25, 0.3) is 0 Å². The van der Waals surface area contributed by atoms with E-state index in [0.717, 1.165) is 0 Å². The third-order valence-corrected chi connectivity index (χ3v) is 4.55. The third-order valence-electron chi connectivity index (χ3n) is 4.55. The number of hydrogen-bond acceptors (Lipinski definition) is 4. The first-order chi connectivity index (χ1) is 12.5. The normalized spacial score (nSPS) is 24.5. The van der Waals surface area contributed by atoms with Crippen molar-refractivity contribution in [2.24, 2.45) is 5.73 Å². The van der Waals surface area contributed by atoms with Crippen molar-refractivity contribution < 1.29 is 13.6 Å². The summed E-state index contributed by atoms with van der Waals surface area (Å²) in [6.45, 7) is 1.02. The second kappa shape index (κ2) is 7.61. The number of piperidine rings is 1. The van der Waals surface area contributed by atoms with Crippen molar-refractivity contribution in [3.8, 4) is 0 Å². The van der Waals surface area contributed by atoms with Crippen LogP contribution in [-0.2, 0) is 4.79 Å². The van der Waals surface area contributed by atoms with E-state index < -0.39 is 23.8 Å². The fourth-order valence-corrected chi connectivity index (χ4v) is 3.11. The summed E-state index contributed by atoms with van der Waals surface area (Å²) >= 11 is 0. The number of anilines is 1. The lowest BCUT2D eigenvalue weighted by Crippen LogP contribution is -2.36. The van der Waals surface area contributed by atoms with Gasteiger partial charge in [0.15, 0.2) is 0 Å². The van der Waals surface area contributed by atoms with Gasteiger partial charge in [-0.15, -0.1) is 0 Å². The Morgan fingerprint density at radius 2 is 2.23 bits per heavy atom. The van der Waals surface area contributed by atoms with Gasteiger partial charge in [0.25, 0.3) is 5.91 Å². The van der Waals surface area contributed by atoms with E-state index in [1.165, 1.54) is 18.3 Å². The standard InChI is InChI=1S/C19H20F2N4O/c20-16-6-7-24-10-15(16)13-5-4-12(8-17(13)21)25-9-11-2-1-3-14(18(11)22)19(23)26/h1-5,8-9,15-16,22,24-25H,6-7,10H2,(H2,23,26)/b11-9-,22-18?/t15-,16?/m1/s1. The minimum atomic E-state index is -1.06. The number of nitrogens with two attached hydrogens (primary N) is 1. The number of carbonyl (C=O) groups is 1. The minimum absolute atomic E-state index is 0.00172. The smallest absolute Gasteiger partial charge is 0.250 e. The zero-order valence-corrected chi connectivity index (χ0v) is 14.1. The lowest BCUT2D eigenvalue weighted by Gasteiger charge is -2.27. The van der Waals surface area contributed by atoms with Crippen molar-refractivity contribution in [3.63, 3.8) is 0 Å². The maximum atomic E-state index is 14.4. The van der Waals surface area contributed by atoms with Gasteiger partial charge in [0.05, 0.1) is 11.3 Å². The van der Waals surface area contributed by atoms with Gasteiger partial charge >= 0.3 is 0 Å². The Bertz CT molecular complexity index is 829. The van der Waals surface area contributed by atoms with E-state index in [4.69, 9.17) is 11.1 Å². The largest absolute Gasteiger partial charge is 0.366 e. The fourth-order valence-electron chi connectivity index (χ4n) is 3.11. The molecule has 1 saturated heterocycles. The number of nitrogens with one attached hydrogen (secondary N) is 3. The van der Waals surface area contributed by atoms with E-state index in [1.807, 2.05) is 0 Å². The molecule has 1 aromatic carbocycles. The average Bonchev–Trinajstić information content (AvgIpc) is 2.61. The van der Waals surface area contributed by atoms with Crippen LogP contribution in [0.2, 0.25) is 0 Å². The van der Waals surface area contributed by atoms with Crippen molar-refractivity contribution in [2.75, 3.05) is 18.4 Å². The highest BCUT2D eigenvalue weighted by molar-refractivity contribution is 6.28. The summed E-state index contributed by atoms with van der Waals surface area (Å²) in [6, 6.07) is 4.55. The molecule has 26 heavy (non-hydrogen) atoms. The van der Waals surface area contributed by atoms with Gasteiger partial charge in [-0.2, -0.15) is 0 Å². The quantitative estimate of drug-likeness (QED) is 0.667. The van der Waals surface area contributed by atoms with Crippen LogP contribution >= 0.6 is 0 Å². The van der Waals surface area contributed by atoms with Crippen LogP contribution in [0.15, 0.2) is 53.8 Å². The zero-order valence-electron chi connectivity index (χ0n) is 14.1. The number of amides is 1. The average molecular weight is 358 g/mol. The molecule has 1 aliphatic carbocycles. The highest BCUT2D eigenvalue weighted by Crippen LogP contribution is 2.29. The summed E-state index contributed by atoms with van der Waals surface area (Å²) in [4.78, 5) is 11.3. The molecule has 0 aromatic heterocycles. The van der Waals surface area contributed by atoms with Gasteiger partial charge in [-0.25, -0.2) is 8.78 Å². The molecule has 1 fully saturated rings. The van der Waals surface area contributed by atoms with Crippen LogP contribution in [0.3, 0.4) is 0 Å². The Kier molecular flexibility index (Phi) is 5.27. The van der Waals surface area contributed by atoms with Crippen molar-refractivity contribution in [2.45, 2.75) is 18.5 Å². The van der Waals surface area contributed by atoms with Crippen molar-refractivity contribution in [1.82, 2.24) is 5.32 Å². The zero-order chi connectivity index (χ0) is 18.7. The Balaban J connectivity index is 1.74. The van der Waals surface area contributed by atoms with Crippen molar-refractivity contribution in [3.05, 3.63) is 65.2 Å². The molecule has 0 radical (unpaired) electrons. The molecule has 0 saturated carbocycles. The van der Waals surface area contributed by atoms with Gasteiger partial charge < -0.3 is 16.4 Å². The van der Waals surface area contributed by atoms with Crippen molar-refractivity contribution >= 4 is 17.3 Å². The van der Waals surface area contributed by atoms with Crippen LogP contribution in [0.1, 0.15) is 17.9 Å². The number of allylic oxidation sites excluding steroid dienone is 4. The van der Waals surface area contributed by atoms with Crippen LogP contribution < -0.4 is 16.4 Å². The summed E-state index contributed by atoms with van der Waals surface area (Å²) in [6.07, 6.45) is 5.56. The second-order valence-electron chi connectivity index (χ2n) is 6.27. The Morgan fingerprint density at radius 3 is 2.92 bits per heavy atom. The number of benzene rings is 1. The predicted molar refractivity (Wildman–Crippen MR) is 97.4 cm³/mol. The molecule has 3 rings (SSSR count). The molecule has 2 aliphatic rings. The summed E-state index contributed by atoms with van der Waals surface area (Å²) in [5.41, 5.74) is 6.61. The number of hydrogen-bond donors (Lipinski definition) is 4. The molecule has 5 nitrogen and oxygen atoms in total. The predicted octanol–water partition coefficient (Wildman–Crippen LogP) is 2.54. The van der Waals surface area contributed by atoms with Gasteiger partial charge in [0.1, 0.15) is 12.0 Å². The molecule has 1 unspecified atom stereocenters. The SMILES string of the molecule is N=C1C(C(N)=O)=CC=C/C1=C/Nc1ccc([C@H]2CNCCC2F)c(F)c1. The fraction of sp³-hybridized carbons (Fsp3) is 0.263. The first-order valence-corrected chi connectivity index (χ1v) is 8.36. The first-order valence-electron chi connectivity index (χ1n) is 8.36. The molecule has 0 spiro atoms. The number of halogens is 2. The number of primary amides is 1. The van der Waals surface area contributed by atoms with E-state index >= 15 is 0 Å². The first kappa shape index (κ1) is 18.0. The Hall–Kier alpha value is -2.80. The van der Waals surface area contributed by atoms with E-state index in [0.29, 0.717) is 36.3 Å². The summed E-state index contributed by atoms with van der Waals surface area (Å²) in [7, 11) is 0. The summed E-state index contributed by atoms with van der Waals surface area (Å²) in [5.74, 6) is -1.65. The lowest BCUT2D eigenvalue weighted by atomic mass is 9.89. The van der Waals surface area contributed by atoms with Gasteiger partial charge in [0, 0.05) is 29.9 Å². The van der Waals surface area contributed by atoms with Gasteiger partial charge in [-0.05, 0) is 36.7 Å². The van der Waals surface area contributed by atoms with Crippen LogP contribution in [0.5, 0.6) is 0 Å². The highest BCUT2D eigenvalue weighted by Gasteiger charge is 2.28. The van der Waals surface area contributed by atoms with Crippen LogP contribution in [0.4, 0.5) is 14.5 Å². The van der Waals surface area contributed by atoms with Crippen LogP contribution in [-0.4, -0.2) is 30.9 Å². The molecule has 1 amide bonds. The number of alkyl halides is 1. The maximum Gasteiger partial charge on any atom is 0.250 e. The summed E-state index contributed by atoms with van der Waals surface area (Å²) in [5, 5.41) is 14.0. The van der Waals surface area contributed by atoms with E-state index in [1.54, 1.807) is 24.3 Å². The molecule has 1 aromatic rings. The molecule has 5 N–H and O–H groups in total. The molecule has 1 aliphatic heterocycles. The topological polar surface area (TPSA) is 91.0 Å². The van der Waals surface area contributed by atoms with E-state index in [2.05, 4.69) is 10.6 Å². The lowest BCUT2D eigenvalue weighted by molar-refractivity contribution is -0.114. The van der Waals surface area contributed by atoms with E-state index in [-0.39, 0.29) is 11.3 Å². The Labute approximate surface area is 150 Å². The van der Waals surface area contributed by atoms with E-state index in [9.17, 15) is 13.6 Å². The third kappa shape index (κ3) is 3.72. The minimum Gasteiger partial charge on any atom is -0.366 e. The molecular formula is C19H20F2N4O. The molecule has 136 valence electrons. The molecule has 7 heteroatoms. The van der Waals surface area contributed by atoms with Gasteiger partial charge in [0.2, 0.25) is 0 Å². The highest BCUT2D eigenvalue weighted by atomic mass is 19.1. The van der Waals surface area contributed by atoms with Gasteiger partial charge in [-0.1, -0.05) is 18.2 Å². The number of carbonyl (C=O) groups excluding carboxylic acids is 1. The summed E-state index contributed by atoms with van der Waals surface area (Å²) < 4.78 is 28.5. The van der Waals surface area contributed by atoms with Crippen molar-refractivity contribution in [1.29, 1.82) is 5.41 Å². The molecular weight excluding hydrogens is 338 g/mol. The van der Waals surface area contributed by atoms with Crippen LogP contribution in [0, 0.1) is 11.2 Å².